The topological polar surface area (TPSA) is 48.1 Å². The highest BCUT2D eigenvalue weighted by molar-refractivity contribution is 7.99. The second kappa shape index (κ2) is 5.89. The first kappa shape index (κ1) is 12.9. The maximum absolute atomic E-state index is 5.79. The molecule has 2 rings (SSSR count). The molecule has 94 valence electrons. The molecule has 0 unspecified atom stereocenters. The number of rotatable bonds is 4. The van der Waals surface area contributed by atoms with Crippen molar-refractivity contribution in [2.24, 2.45) is 5.73 Å². The summed E-state index contributed by atoms with van der Waals surface area (Å²) in [4.78, 5) is 5.46. The lowest BCUT2D eigenvalue weighted by Gasteiger charge is -2.11. The normalized spacial score (nSPS) is 10.4. The van der Waals surface area contributed by atoms with Crippen molar-refractivity contribution >= 4 is 11.8 Å². The van der Waals surface area contributed by atoms with Crippen molar-refractivity contribution in [3.05, 3.63) is 47.7 Å². The van der Waals surface area contributed by atoms with E-state index in [1.807, 2.05) is 36.5 Å². The van der Waals surface area contributed by atoms with E-state index in [0.29, 0.717) is 6.54 Å². The van der Waals surface area contributed by atoms with Gasteiger partial charge in [0.1, 0.15) is 10.8 Å². The fourth-order valence-corrected chi connectivity index (χ4v) is 2.80. The molecule has 0 aliphatic carbocycles. The predicted molar refractivity (Wildman–Crippen MR) is 74.0 cm³/mol. The highest BCUT2D eigenvalue weighted by atomic mass is 32.2. The van der Waals surface area contributed by atoms with Gasteiger partial charge in [-0.1, -0.05) is 23.9 Å². The SMILES string of the molecule is COc1ccccc1Sc1nccc(C)c1CN. The molecule has 0 aliphatic heterocycles. The van der Waals surface area contributed by atoms with Crippen LogP contribution in [0.15, 0.2) is 46.5 Å². The number of aryl methyl sites for hydroxylation is 1. The first-order valence-electron chi connectivity index (χ1n) is 5.71. The summed E-state index contributed by atoms with van der Waals surface area (Å²) in [6, 6.07) is 9.89. The second-order valence-corrected chi connectivity index (χ2v) is 4.90. The molecule has 0 saturated carbocycles. The maximum Gasteiger partial charge on any atom is 0.132 e. The molecular formula is C14H16N2OS. The first-order chi connectivity index (χ1) is 8.76. The number of hydrogen-bond acceptors (Lipinski definition) is 4. The van der Waals surface area contributed by atoms with Gasteiger partial charge in [-0.2, -0.15) is 0 Å². The van der Waals surface area contributed by atoms with Gasteiger partial charge in [-0.15, -0.1) is 0 Å². The van der Waals surface area contributed by atoms with E-state index < -0.39 is 0 Å². The Hall–Kier alpha value is -1.52. The van der Waals surface area contributed by atoms with Crippen molar-refractivity contribution in [3.63, 3.8) is 0 Å². The van der Waals surface area contributed by atoms with Gasteiger partial charge >= 0.3 is 0 Å². The molecule has 3 nitrogen and oxygen atoms in total. The lowest BCUT2D eigenvalue weighted by Crippen LogP contribution is -2.02. The van der Waals surface area contributed by atoms with E-state index in [1.54, 1.807) is 18.9 Å². The standard InChI is InChI=1S/C14H16N2OS/c1-10-7-8-16-14(11(10)9-15)18-13-6-4-3-5-12(13)17-2/h3-8H,9,15H2,1-2H3. The maximum atomic E-state index is 5.79. The number of methoxy groups -OCH3 is 1. The summed E-state index contributed by atoms with van der Waals surface area (Å²) in [7, 11) is 1.67. The Kier molecular flexibility index (Phi) is 4.23. The lowest BCUT2D eigenvalue weighted by molar-refractivity contribution is 0.405. The molecule has 0 saturated heterocycles. The van der Waals surface area contributed by atoms with Crippen LogP contribution in [0.3, 0.4) is 0 Å². The van der Waals surface area contributed by atoms with E-state index in [-0.39, 0.29) is 0 Å². The van der Waals surface area contributed by atoms with Gasteiger partial charge in [0, 0.05) is 18.3 Å². The molecule has 1 aromatic heterocycles. The van der Waals surface area contributed by atoms with Gasteiger partial charge in [0.15, 0.2) is 0 Å². The molecule has 0 spiro atoms. The largest absolute Gasteiger partial charge is 0.496 e. The minimum absolute atomic E-state index is 0.497. The molecule has 18 heavy (non-hydrogen) atoms. The van der Waals surface area contributed by atoms with Crippen LogP contribution >= 0.6 is 11.8 Å². The lowest BCUT2D eigenvalue weighted by atomic mass is 10.2. The summed E-state index contributed by atoms with van der Waals surface area (Å²) in [5.74, 6) is 0.855. The van der Waals surface area contributed by atoms with Crippen molar-refractivity contribution < 1.29 is 4.74 Å². The van der Waals surface area contributed by atoms with Crippen LogP contribution in [-0.2, 0) is 6.54 Å². The average Bonchev–Trinajstić information content (AvgIpc) is 2.40. The molecule has 2 N–H and O–H groups in total. The highest BCUT2D eigenvalue weighted by Gasteiger charge is 2.10. The summed E-state index contributed by atoms with van der Waals surface area (Å²) in [5, 5.41) is 0.946. The Morgan fingerprint density at radius 3 is 2.78 bits per heavy atom. The quantitative estimate of drug-likeness (QED) is 0.918. The van der Waals surface area contributed by atoms with E-state index in [0.717, 1.165) is 21.2 Å². The minimum Gasteiger partial charge on any atom is -0.496 e. The number of aromatic nitrogens is 1. The number of benzene rings is 1. The fraction of sp³-hybridized carbons (Fsp3) is 0.214. The van der Waals surface area contributed by atoms with Crippen molar-refractivity contribution in [2.45, 2.75) is 23.4 Å². The molecular weight excluding hydrogens is 244 g/mol. The van der Waals surface area contributed by atoms with Gasteiger partial charge in [0.25, 0.3) is 0 Å². The van der Waals surface area contributed by atoms with Crippen LogP contribution in [0.25, 0.3) is 0 Å². The Balaban J connectivity index is 2.37. The van der Waals surface area contributed by atoms with Crippen LogP contribution < -0.4 is 10.5 Å². The highest BCUT2D eigenvalue weighted by Crippen LogP contribution is 2.35. The second-order valence-electron chi connectivity index (χ2n) is 3.87. The van der Waals surface area contributed by atoms with Crippen LogP contribution in [0.4, 0.5) is 0 Å². The zero-order chi connectivity index (χ0) is 13.0. The molecule has 0 radical (unpaired) electrons. The molecule has 1 heterocycles. The minimum atomic E-state index is 0.497. The average molecular weight is 260 g/mol. The van der Waals surface area contributed by atoms with Crippen molar-refractivity contribution in [1.82, 2.24) is 4.98 Å². The molecule has 0 atom stereocenters. The summed E-state index contributed by atoms with van der Waals surface area (Å²) in [5.41, 5.74) is 8.05. The smallest absolute Gasteiger partial charge is 0.132 e. The van der Waals surface area contributed by atoms with E-state index >= 15 is 0 Å². The van der Waals surface area contributed by atoms with E-state index in [1.165, 1.54) is 5.56 Å². The van der Waals surface area contributed by atoms with Crippen molar-refractivity contribution in [1.29, 1.82) is 0 Å². The number of pyridine rings is 1. The Morgan fingerprint density at radius 2 is 2.06 bits per heavy atom. The van der Waals surface area contributed by atoms with Crippen molar-refractivity contribution in [2.75, 3.05) is 7.11 Å². The molecule has 0 bridgehead atoms. The van der Waals surface area contributed by atoms with Crippen LogP contribution in [-0.4, -0.2) is 12.1 Å². The summed E-state index contributed by atoms with van der Waals surface area (Å²) < 4.78 is 5.34. The number of para-hydroxylation sites is 1. The Morgan fingerprint density at radius 1 is 1.28 bits per heavy atom. The Labute approximate surface area is 111 Å². The summed E-state index contributed by atoms with van der Waals surface area (Å²) in [6.45, 7) is 2.55. The zero-order valence-electron chi connectivity index (χ0n) is 10.5. The summed E-state index contributed by atoms with van der Waals surface area (Å²) in [6.07, 6.45) is 1.81. The Bertz CT molecular complexity index is 543. The number of ether oxygens (including phenoxy) is 1. The molecule has 0 fully saturated rings. The van der Waals surface area contributed by atoms with Gasteiger partial charge < -0.3 is 10.5 Å². The molecule has 4 heteroatoms. The first-order valence-corrected chi connectivity index (χ1v) is 6.53. The predicted octanol–water partition coefficient (Wildman–Crippen LogP) is 3.01. The van der Waals surface area contributed by atoms with Crippen LogP contribution in [0, 0.1) is 6.92 Å². The molecule has 2 aromatic rings. The van der Waals surface area contributed by atoms with Gasteiger partial charge in [-0.25, -0.2) is 4.98 Å². The van der Waals surface area contributed by atoms with Gasteiger partial charge in [0.2, 0.25) is 0 Å². The van der Waals surface area contributed by atoms with Crippen LogP contribution in [0.2, 0.25) is 0 Å². The van der Waals surface area contributed by atoms with E-state index in [9.17, 15) is 0 Å². The van der Waals surface area contributed by atoms with E-state index in [2.05, 4.69) is 11.9 Å². The van der Waals surface area contributed by atoms with Gasteiger partial charge in [-0.05, 0) is 30.7 Å². The molecule has 0 amide bonds. The third kappa shape index (κ3) is 2.66. The van der Waals surface area contributed by atoms with Crippen molar-refractivity contribution in [3.8, 4) is 5.75 Å². The van der Waals surface area contributed by atoms with Gasteiger partial charge in [-0.3, -0.25) is 0 Å². The van der Waals surface area contributed by atoms with Gasteiger partial charge in [0.05, 0.1) is 12.0 Å². The summed E-state index contributed by atoms with van der Waals surface area (Å²) >= 11 is 1.59. The van der Waals surface area contributed by atoms with Crippen LogP contribution in [0.5, 0.6) is 5.75 Å². The number of nitrogens with two attached hydrogens (primary N) is 1. The third-order valence-electron chi connectivity index (χ3n) is 2.73. The molecule has 0 aliphatic rings. The zero-order valence-corrected chi connectivity index (χ0v) is 11.3. The fourth-order valence-electron chi connectivity index (χ4n) is 1.71. The van der Waals surface area contributed by atoms with Crippen LogP contribution in [0.1, 0.15) is 11.1 Å². The third-order valence-corrected chi connectivity index (χ3v) is 3.83. The van der Waals surface area contributed by atoms with E-state index in [4.69, 9.17) is 10.5 Å². The number of hydrogen-bond donors (Lipinski definition) is 1. The molecule has 1 aromatic carbocycles. The number of nitrogens with zero attached hydrogens (tertiary/aromatic N) is 1. The monoisotopic (exact) mass is 260 g/mol.